The zero-order valence-corrected chi connectivity index (χ0v) is 16.5. The van der Waals surface area contributed by atoms with E-state index >= 15 is 0 Å². The molecule has 5 rings (SSSR count). The van der Waals surface area contributed by atoms with Crippen LogP contribution in [0.3, 0.4) is 0 Å². The Morgan fingerprint density at radius 3 is 2.97 bits per heavy atom. The van der Waals surface area contributed by atoms with Crippen LogP contribution in [0.4, 0.5) is 10.8 Å². The van der Waals surface area contributed by atoms with Crippen molar-refractivity contribution in [3.05, 3.63) is 70.7 Å². The van der Waals surface area contributed by atoms with Crippen molar-refractivity contribution in [1.82, 2.24) is 10.3 Å². The van der Waals surface area contributed by atoms with E-state index in [2.05, 4.69) is 15.6 Å². The molecule has 0 spiro atoms. The summed E-state index contributed by atoms with van der Waals surface area (Å²) in [5.41, 5.74) is 4.25. The third-order valence-corrected chi connectivity index (χ3v) is 5.82. The number of carbonyl (C=O) groups is 1. The van der Waals surface area contributed by atoms with Crippen LogP contribution < -0.4 is 15.4 Å². The van der Waals surface area contributed by atoms with E-state index in [4.69, 9.17) is 9.73 Å². The Hall–Kier alpha value is -3.03. The number of benzene rings is 2. The number of carbonyl (C=O) groups excluding carboxylic acids is 1. The van der Waals surface area contributed by atoms with E-state index < -0.39 is 0 Å². The number of ether oxygens (including phenoxy) is 1. The molecule has 1 amide bonds. The number of para-hydroxylation sites is 2. The second kappa shape index (κ2) is 7.77. The molecule has 7 heteroatoms. The Labute approximate surface area is 172 Å². The topological polar surface area (TPSA) is 75.6 Å². The van der Waals surface area contributed by atoms with Gasteiger partial charge < -0.3 is 10.1 Å². The molecule has 6 nitrogen and oxygen atoms in total. The number of nitrogens with one attached hydrogen (secondary N) is 2. The van der Waals surface area contributed by atoms with Gasteiger partial charge in [0.05, 0.1) is 17.0 Å². The fourth-order valence-electron chi connectivity index (χ4n) is 3.73. The Morgan fingerprint density at radius 2 is 2.14 bits per heavy atom. The molecule has 0 radical (unpaired) electrons. The lowest BCUT2D eigenvalue weighted by Gasteiger charge is -2.16. The monoisotopic (exact) mass is 404 g/mol. The van der Waals surface area contributed by atoms with Crippen LogP contribution in [0.25, 0.3) is 0 Å². The van der Waals surface area contributed by atoms with Crippen molar-refractivity contribution in [3.63, 3.8) is 0 Å². The Kier molecular flexibility index (Phi) is 4.83. The maximum Gasteiger partial charge on any atom is 0.259 e. The molecular weight excluding hydrogens is 384 g/mol. The normalized spacial score (nSPS) is 17.7. The molecule has 2 aromatic carbocycles. The number of thiazole rings is 1. The number of aliphatic imine (C=N–C) groups is 1. The van der Waals surface area contributed by atoms with Crippen molar-refractivity contribution < 1.29 is 9.53 Å². The number of fused-ring (bicyclic) bond motifs is 1. The predicted octanol–water partition coefficient (Wildman–Crippen LogP) is 3.81. The van der Waals surface area contributed by atoms with Crippen LogP contribution in [0, 0.1) is 0 Å². The number of nitrogens with zero attached hydrogens (tertiary/aromatic N) is 2. The second-order valence-electron chi connectivity index (χ2n) is 7.07. The zero-order chi connectivity index (χ0) is 19.6. The average molecular weight is 404 g/mol. The fraction of sp³-hybridized carbons (Fsp3) is 0.227. The summed E-state index contributed by atoms with van der Waals surface area (Å²) in [5, 5.41) is 8.59. The van der Waals surface area contributed by atoms with Crippen molar-refractivity contribution in [2.24, 2.45) is 4.99 Å². The molecule has 1 aromatic heterocycles. The first-order chi connectivity index (χ1) is 14.3. The first kappa shape index (κ1) is 18.0. The molecule has 29 heavy (non-hydrogen) atoms. The first-order valence-corrected chi connectivity index (χ1v) is 10.5. The lowest BCUT2D eigenvalue weighted by Crippen LogP contribution is -2.20. The van der Waals surface area contributed by atoms with Gasteiger partial charge in [0.25, 0.3) is 5.91 Å². The third-order valence-electron chi connectivity index (χ3n) is 5.13. The van der Waals surface area contributed by atoms with Crippen molar-refractivity contribution in [2.75, 3.05) is 18.4 Å². The maximum absolute atomic E-state index is 12.8. The van der Waals surface area contributed by atoms with Gasteiger partial charge >= 0.3 is 0 Å². The van der Waals surface area contributed by atoms with E-state index in [9.17, 15) is 4.79 Å². The predicted molar refractivity (Wildman–Crippen MR) is 115 cm³/mol. The minimum absolute atomic E-state index is 0.181. The van der Waals surface area contributed by atoms with Crippen molar-refractivity contribution in [2.45, 2.75) is 18.9 Å². The molecular formula is C22H20N4O2S. The van der Waals surface area contributed by atoms with Gasteiger partial charge in [0, 0.05) is 30.1 Å². The van der Waals surface area contributed by atoms with Gasteiger partial charge in [-0.3, -0.25) is 15.1 Å². The number of aromatic nitrogens is 1. The summed E-state index contributed by atoms with van der Waals surface area (Å²) in [5.74, 6) is 0.657. The molecule has 1 unspecified atom stereocenters. The van der Waals surface area contributed by atoms with Crippen LogP contribution in [-0.2, 0) is 6.42 Å². The van der Waals surface area contributed by atoms with Gasteiger partial charge in [-0.05, 0) is 36.7 Å². The van der Waals surface area contributed by atoms with Crippen LogP contribution in [0.5, 0.6) is 5.75 Å². The highest BCUT2D eigenvalue weighted by atomic mass is 32.1. The van der Waals surface area contributed by atoms with Crippen LogP contribution in [0.1, 0.15) is 27.9 Å². The maximum atomic E-state index is 12.8. The zero-order valence-electron chi connectivity index (χ0n) is 15.7. The summed E-state index contributed by atoms with van der Waals surface area (Å²) in [6.07, 6.45) is 3.53. The molecule has 1 saturated heterocycles. The molecule has 1 atom stereocenters. The van der Waals surface area contributed by atoms with E-state index in [1.165, 1.54) is 11.3 Å². The van der Waals surface area contributed by atoms with Crippen LogP contribution in [-0.4, -0.2) is 35.8 Å². The Morgan fingerprint density at radius 1 is 1.21 bits per heavy atom. The highest BCUT2D eigenvalue weighted by Gasteiger charge is 2.25. The lowest BCUT2D eigenvalue weighted by atomic mass is 10.0. The van der Waals surface area contributed by atoms with Crippen molar-refractivity contribution in [1.29, 1.82) is 0 Å². The molecule has 2 aliphatic heterocycles. The highest BCUT2D eigenvalue weighted by molar-refractivity contribution is 7.13. The molecule has 2 N–H and O–H groups in total. The van der Waals surface area contributed by atoms with Gasteiger partial charge in [-0.2, -0.15) is 0 Å². The fourth-order valence-corrected chi connectivity index (χ4v) is 4.25. The number of amides is 1. The molecule has 0 saturated carbocycles. The van der Waals surface area contributed by atoms with E-state index in [0.29, 0.717) is 17.1 Å². The summed E-state index contributed by atoms with van der Waals surface area (Å²) in [7, 11) is 0. The molecule has 146 valence electrons. The quantitative estimate of drug-likeness (QED) is 0.678. The summed E-state index contributed by atoms with van der Waals surface area (Å²) in [6, 6.07) is 13.7. The summed E-state index contributed by atoms with van der Waals surface area (Å²) in [6.45, 7) is 1.85. The van der Waals surface area contributed by atoms with Crippen LogP contribution >= 0.6 is 11.3 Å². The van der Waals surface area contributed by atoms with Crippen molar-refractivity contribution in [3.8, 4) is 5.75 Å². The van der Waals surface area contributed by atoms with Gasteiger partial charge in [-0.25, -0.2) is 4.98 Å². The van der Waals surface area contributed by atoms with Crippen LogP contribution in [0.15, 0.2) is 59.0 Å². The molecule has 3 aromatic rings. The number of hydrogen-bond acceptors (Lipinski definition) is 6. The van der Waals surface area contributed by atoms with Gasteiger partial charge in [-0.1, -0.05) is 24.3 Å². The lowest BCUT2D eigenvalue weighted by molar-refractivity contribution is 0.102. The van der Waals surface area contributed by atoms with E-state index in [1.807, 2.05) is 41.8 Å². The minimum Gasteiger partial charge on any atom is -0.488 e. The van der Waals surface area contributed by atoms with E-state index in [0.717, 1.165) is 47.8 Å². The van der Waals surface area contributed by atoms with Crippen LogP contribution in [0.2, 0.25) is 0 Å². The van der Waals surface area contributed by atoms with Gasteiger partial charge in [0.15, 0.2) is 5.13 Å². The van der Waals surface area contributed by atoms with E-state index in [1.54, 1.807) is 12.3 Å². The largest absolute Gasteiger partial charge is 0.488 e. The number of anilines is 1. The molecule has 0 aliphatic carbocycles. The summed E-state index contributed by atoms with van der Waals surface area (Å²) >= 11 is 1.39. The number of rotatable bonds is 5. The second-order valence-corrected chi connectivity index (χ2v) is 7.96. The minimum atomic E-state index is -0.191. The van der Waals surface area contributed by atoms with Gasteiger partial charge in [0.1, 0.15) is 11.9 Å². The van der Waals surface area contributed by atoms with Gasteiger partial charge in [-0.15, -0.1) is 11.3 Å². The van der Waals surface area contributed by atoms with E-state index in [-0.39, 0.29) is 12.0 Å². The molecule has 2 aliphatic rings. The first-order valence-electron chi connectivity index (χ1n) is 9.65. The molecule has 0 bridgehead atoms. The standard InChI is InChI=1S/C22H20N4O2S/c27-21(26-22-24-10-11-29-22)17-6-3-4-14-12-18(25-20(14)17)16-5-1-2-7-19(16)28-15-8-9-23-13-15/h1-7,10-11,15,23H,8-9,12-13H2,(H,24,26,27). The Bertz CT molecular complexity index is 1070. The van der Waals surface area contributed by atoms with Crippen molar-refractivity contribution >= 4 is 33.8 Å². The summed E-state index contributed by atoms with van der Waals surface area (Å²) in [4.78, 5) is 21.7. The smallest absolute Gasteiger partial charge is 0.259 e. The highest BCUT2D eigenvalue weighted by Crippen LogP contribution is 2.35. The third kappa shape index (κ3) is 3.66. The summed E-state index contributed by atoms with van der Waals surface area (Å²) < 4.78 is 6.24. The number of hydrogen-bond donors (Lipinski definition) is 2. The average Bonchev–Trinajstić information content (AvgIpc) is 3.49. The Balaban J connectivity index is 1.45. The molecule has 3 heterocycles. The SMILES string of the molecule is O=C(Nc1nccs1)c1cccc2c1N=C(c1ccccc1OC1CCNC1)C2. The van der Waals surface area contributed by atoms with Gasteiger partial charge in [0.2, 0.25) is 0 Å². The molecule has 1 fully saturated rings.